The van der Waals surface area contributed by atoms with Crippen LogP contribution in [0.2, 0.25) is 5.02 Å². The van der Waals surface area contributed by atoms with Gasteiger partial charge < -0.3 is 5.73 Å². The maximum absolute atomic E-state index is 6.00. The predicted octanol–water partition coefficient (Wildman–Crippen LogP) is 2.64. The summed E-state index contributed by atoms with van der Waals surface area (Å²) in [6.07, 6.45) is 2.74. The zero-order valence-electron chi connectivity index (χ0n) is 10.1. The molecule has 0 spiro atoms. The molecule has 0 radical (unpaired) electrons. The Morgan fingerprint density at radius 2 is 2.12 bits per heavy atom. The molecule has 2 rings (SSSR count). The van der Waals surface area contributed by atoms with E-state index in [0.717, 1.165) is 17.8 Å². The Kier molecular flexibility index (Phi) is 3.50. The Bertz CT molecular complexity index is 512. The van der Waals surface area contributed by atoms with E-state index in [1.54, 1.807) is 4.68 Å². The van der Waals surface area contributed by atoms with Crippen molar-refractivity contribution in [3.05, 3.63) is 46.2 Å². The van der Waals surface area contributed by atoms with Crippen molar-refractivity contribution in [1.82, 2.24) is 9.78 Å². The SMILES string of the molecule is Cc1cc(-n2cc(Cl)c(C)n2)ccc1CCN. The number of nitrogens with zero attached hydrogens (tertiary/aromatic N) is 2. The fraction of sp³-hybridized carbons (Fsp3) is 0.308. The fourth-order valence-electron chi connectivity index (χ4n) is 1.83. The van der Waals surface area contributed by atoms with Gasteiger partial charge in [-0.1, -0.05) is 17.7 Å². The lowest BCUT2D eigenvalue weighted by Crippen LogP contribution is -2.05. The number of rotatable bonds is 3. The summed E-state index contributed by atoms with van der Waals surface area (Å²) in [4.78, 5) is 0. The van der Waals surface area contributed by atoms with Crippen LogP contribution in [-0.4, -0.2) is 16.3 Å². The van der Waals surface area contributed by atoms with Gasteiger partial charge in [-0.3, -0.25) is 0 Å². The number of halogens is 1. The van der Waals surface area contributed by atoms with E-state index >= 15 is 0 Å². The second-order valence-electron chi connectivity index (χ2n) is 4.16. The van der Waals surface area contributed by atoms with Gasteiger partial charge in [0, 0.05) is 6.20 Å². The minimum absolute atomic E-state index is 0.674. The summed E-state index contributed by atoms with van der Waals surface area (Å²) in [7, 11) is 0. The summed E-state index contributed by atoms with van der Waals surface area (Å²) >= 11 is 6.00. The summed E-state index contributed by atoms with van der Waals surface area (Å²) in [5.74, 6) is 0. The Morgan fingerprint density at radius 3 is 2.65 bits per heavy atom. The molecule has 1 aromatic carbocycles. The number of aryl methyl sites for hydroxylation is 2. The quantitative estimate of drug-likeness (QED) is 0.909. The predicted molar refractivity (Wildman–Crippen MR) is 70.8 cm³/mol. The van der Waals surface area contributed by atoms with Crippen LogP contribution >= 0.6 is 11.6 Å². The van der Waals surface area contributed by atoms with Crippen molar-refractivity contribution in [1.29, 1.82) is 0 Å². The van der Waals surface area contributed by atoms with E-state index in [4.69, 9.17) is 17.3 Å². The first-order valence-electron chi connectivity index (χ1n) is 5.63. The van der Waals surface area contributed by atoms with E-state index in [9.17, 15) is 0 Å². The number of hydrogen-bond acceptors (Lipinski definition) is 2. The normalized spacial score (nSPS) is 10.8. The second kappa shape index (κ2) is 4.90. The highest BCUT2D eigenvalue weighted by atomic mass is 35.5. The van der Waals surface area contributed by atoms with Crippen molar-refractivity contribution in [2.75, 3.05) is 6.54 Å². The maximum atomic E-state index is 6.00. The van der Waals surface area contributed by atoms with Gasteiger partial charge in [-0.05, 0) is 50.1 Å². The van der Waals surface area contributed by atoms with Gasteiger partial charge in [0.15, 0.2) is 0 Å². The van der Waals surface area contributed by atoms with E-state index in [0.29, 0.717) is 11.6 Å². The van der Waals surface area contributed by atoms with Crippen LogP contribution in [0.3, 0.4) is 0 Å². The number of hydrogen-bond donors (Lipinski definition) is 1. The highest BCUT2D eigenvalue weighted by Gasteiger charge is 2.05. The van der Waals surface area contributed by atoms with Gasteiger partial charge in [0.05, 0.1) is 16.4 Å². The van der Waals surface area contributed by atoms with Crippen molar-refractivity contribution in [3.8, 4) is 5.69 Å². The van der Waals surface area contributed by atoms with Crippen LogP contribution in [0.5, 0.6) is 0 Å². The largest absolute Gasteiger partial charge is 0.330 e. The Hall–Kier alpha value is -1.32. The van der Waals surface area contributed by atoms with Crippen LogP contribution in [0.4, 0.5) is 0 Å². The first-order valence-corrected chi connectivity index (χ1v) is 6.01. The molecule has 1 aromatic heterocycles. The van der Waals surface area contributed by atoms with E-state index in [1.165, 1.54) is 11.1 Å². The monoisotopic (exact) mass is 249 g/mol. The van der Waals surface area contributed by atoms with Gasteiger partial charge in [-0.15, -0.1) is 0 Å². The molecular formula is C13H16ClN3. The van der Waals surface area contributed by atoms with Gasteiger partial charge in [-0.25, -0.2) is 4.68 Å². The third-order valence-corrected chi connectivity index (χ3v) is 3.21. The summed E-state index contributed by atoms with van der Waals surface area (Å²) in [6.45, 7) is 4.66. The van der Waals surface area contributed by atoms with Gasteiger partial charge in [0.2, 0.25) is 0 Å². The number of benzene rings is 1. The summed E-state index contributed by atoms with van der Waals surface area (Å²) in [5.41, 5.74) is 9.95. The van der Waals surface area contributed by atoms with Crippen molar-refractivity contribution >= 4 is 11.6 Å². The molecule has 4 heteroatoms. The summed E-state index contributed by atoms with van der Waals surface area (Å²) in [6, 6.07) is 6.25. The molecule has 0 atom stereocenters. The van der Waals surface area contributed by atoms with Gasteiger partial charge in [0.1, 0.15) is 0 Å². The molecule has 1 heterocycles. The van der Waals surface area contributed by atoms with Crippen LogP contribution in [0.25, 0.3) is 5.69 Å². The molecule has 17 heavy (non-hydrogen) atoms. The third-order valence-electron chi connectivity index (χ3n) is 2.84. The first-order chi connectivity index (χ1) is 8.11. The minimum Gasteiger partial charge on any atom is -0.330 e. The number of aromatic nitrogens is 2. The Balaban J connectivity index is 2.37. The lowest BCUT2D eigenvalue weighted by atomic mass is 10.1. The third kappa shape index (κ3) is 2.51. The summed E-state index contributed by atoms with van der Waals surface area (Å²) < 4.78 is 1.80. The molecule has 0 unspecified atom stereocenters. The average Bonchev–Trinajstić information content (AvgIpc) is 2.62. The Labute approximate surface area is 106 Å². The molecular weight excluding hydrogens is 234 g/mol. The van der Waals surface area contributed by atoms with Crippen molar-refractivity contribution < 1.29 is 0 Å². The van der Waals surface area contributed by atoms with E-state index in [1.807, 2.05) is 19.2 Å². The lowest BCUT2D eigenvalue weighted by Gasteiger charge is -2.07. The molecule has 2 N–H and O–H groups in total. The van der Waals surface area contributed by atoms with Gasteiger partial charge in [-0.2, -0.15) is 5.10 Å². The highest BCUT2D eigenvalue weighted by molar-refractivity contribution is 6.31. The molecule has 0 saturated heterocycles. The molecule has 90 valence electrons. The van der Waals surface area contributed by atoms with E-state index in [2.05, 4.69) is 24.2 Å². The zero-order chi connectivity index (χ0) is 12.4. The molecule has 2 aromatic rings. The van der Waals surface area contributed by atoms with Crippen LogP contribution in [0.15, 0.2) is 24.4 Å². The minimum atomic E-state index is 0.674. The highest BCUT2D eigenvalue weighted by Crippen LogP contribution is 2.18. The Morgan fingerprint density at radius 1 is 1.35 bits per heavy atom. The molecule has 0 saturated carbocycles. The first kappa shape index (κ1) is 12.1. The molecule has 3 nitrogen and oxygen atoms in total. The topological polar surface area (TPSA) is 43.8 Å². The molecule has 0 aliphatic carbocycles. The van der Waals surface area contributed by atoms with E-state index < -0.39 is 0 Å². The maximum Gasteiger partial charge on any atom is 0.0819 e. The molecule has 0 aliphatic rings. The van der Waals surface area contributed by atoms with E-state index in [-0.39, 0.29) is 0 Å². The van der Waals surface area contributed by atoms with Crippen molar-refractivity contribution in [3.63, 3.8) is 0 Å². The van der Waals surface area contributed by atoms with Crippen LogP contribution in [0, 0.1) is 13.8 Å². The average molecular weight is 250 g/mol. The van der Waals surface area contributed by atoms with Crippen molar-refractivity contribution in [2.45, 2.75) is 20.3 Å². The lowest BCUT2D eigenvalue weighted by molar-refractivity contribution is 0.858. The van der Waals surface area contributed by atoms with Crippen molar-refractivity contribution in [2.24, 2.45) is 5.73 Å². The van der Waals surface area contributed by atoms with Gasteiger partial charge in [0.25, 0.3) is 0 Å². The van der Waals surface area contributed by atoms with Crippen LogP contribution in [-0.2, 0) is 6.42 Å². The molecule has 0 bridgehead atoms. The van der Waals surface area contributed by atoms with Crippen LogP contribution in [0.1, 0.15) is 16.8 Å². The van der Waals surface area contributed by atoms with Crippen LogP contribution < -0.4 is 5.73 Å². The molecule has 0 amide bonds. The fourth-order valence-corrected chi connectivity index (χ4v) is 1.96. The smallest absolute Gasteiger partial charge is 0.0819 e. The van der Waals surface area contributed by atoms with Gasteiger partial charge >= 0.3 is 0 Å². The number of nitrogens with two attached hydrogens (primary N) is 1. The zero-order valence-corrected chi connectivity index (χ0v) is 10.8. The standard InChI is InChI=1S/C13H16ClN3/c1-9-7-12(4-3-11(9)5-6-15)17-8-13(14)10(2)16-17/h3-4,7-8H,5-6,15H2,1-2H3. The molecule has 0 aliphatic heterocycles. The molecule has 0 fully saturated rings. The summed E-state index contributed by atoms with van der Waals surface area (Å²) in [5, 5.41) is 5.05. The second-order valence-corrected chi connectivity index (χ2v) is 4.56.